The van der Waals surface area contributed by atoms with E-state index >= 15 is 0 Å². The van der Waals surface area contributed by atoms with Crippen molar-refractivity contribution in [1.29, 1.82) is 0 Å². The summed E-state index contributed by atoms with van der Waals surface area (Å²) in [7, 11) is 0. The molecule has 0 radical (unpaired) electrons. The smallest absolute Gasteiger partial charge is 0.328 e. The molecule has 0 aliphatic rings. The fraction of sp³-hybridized carbons (Fsp3) is 0.364. The SMILES string of the molecule is CSc1cccc(NC(C)(C)C(=O)O)c1. The van der Waals surface area contributed by atoms with E-state index in [4.69, 9.17) is 5.11 Å². The number of carboxylic acids is 1. The minimum atomic E-state index is -0.947. The van der Waals surface area contributed by atoms with Gasteiger partial charge in [0.05, 0.1) is 0 Å². The normalized spacial score (nSPS) is 11.1. The molecule has 0 atom stereocenters. The van der Waals surface area contributed by atoms with Crippen LogP contribution in [0.2, 0.25) is 0 Å². The Morgan fingerprint density at radius 3 is 2.67 bits per heavy atom. The van der Waals surface area contributed by atoms with Crippen LogP contribution in [0, 0.1) is 0 Å². The first-order valence-corrected chi connectivity index (χ1v) is 5.84. The van der Waals surface area contributed by atoms with Crippen LogP contribution in [0.5, 0.6) is 0 Å². The molecule has 82 valence electrons. The van der Waals surface area contributed by atoms with Gasteiger partial charge in [-0.25, -0.2) is 4.79 Å². The van der Waals surface area contributed by atoms with Crippen LogP contribution in [-0.2, 0) is 4.79 Å². The Morgan fingerprint density at radius 2 is 2.13 bits per heavy atom. The Morgan fingerprint density at radius 1 is 1.47 bits per heavy atom. The Hall–Kier alpha value is -1.16. The number of carbonyl (C=O) groups is 1. The second-order valence-electron chi connectivity index (χ2n) is 3.79. The number of hydrogen-bond acceptors (Lipinski definition) is 3. The zero-order valence-electron chi connectivity index (χ0n) is 9.07. The lowest BCUT2D eigenvalue weighted by molar-refractivity contribution is -0.141. The molecule has 0 aliphatic carbocycles. The highest BCUT2D eigenvalue weighted by Crippen LogP contribution is 2.21. The highest BCUT2D eigenvalue weighted by atomic mass is 32.2. The van der Waals surface area contributed by atoms with Crippen molar-refractivity contribution in [1.82, 2.24) is 0 Å². The molecular weight excluding hydrogens is 210 g/mol. The molecule has 0 amide bonds. The van der Waals surface area contributed by atoms with E-state index in [1.165, 1.54) is 0 Å². The first-order valence-electron chi connectivity index (χ1n) is 4.61. The van der Waals surface area contributed by atoms with Crippen LogP contribution >= 0.6 is 11.8 Å². The Kier molecular flexibility index (Phi) is 3.63. The molecule has 0 saturated heterocycles. The number of carboxylic acid groups (broad SMARTS) is 1. The molecule has 0 spiro atoms. The first-order chi connectivity index (χ1) is 6.95. The zero-order valence-corrected chi connectivity index (χ0v) is 9.89. The van der Waals surface area contributed by atoms with Gasteiger partial charge in [0.25, 0.3) is 0 Å². The fourth-order valence-corrected chi connectivity index (χ4v) is 1.57. The quantitative estimate of drug-likeness (QED) is 0.773. The zero-order chi connectivity index (χ0) is 11.5. The average molecular weight is 225 g/mol. The predicted octanol–water partition coefficient (Wildman–Crippen LogP) is 2.68. The largest absolute Gasteiger partial charge is 0.480 e. The van der Waals surface area contributed by atoms with Gasteiger partial charge >= 0.3 is 5.97 Å². The van der Waals surface area contributed by atoms with Gasteiger partial charge in [0.15, 0.2) is 0 Å². The van der Waals surface area contributed by atoms with E-state index in [1.54, 1.807) is 25.6 Å². The number of nitrogens with one attached hydrogen (secondary N) is 1. The molecule has 0 heterocycles. The Balaban J connectivity index is 2.85. The number of anilines is 1. The maximum atomic E-state index is 10.9. The van der Waals surface area contributed by atoms with E-state index in [0.29, 0.717) is 0 Å². The molecule has 0 aromatic heterocycles. The van der Waals surface area contributed by atoms with Gasteiger partial charge in [-0.3, -0.25) is 0 Å². The maximum absolute atomic E-state index is 10.9. The number of thioether (sulfide) groups is 1. The lowest BCUT2D eigenvalue weighted by Crippen LogP contribution is -2.39. The van der Waals surface area contributed by atoms with Gasteiger partial charge in [-0.15, -0.1) is 11.8 Å². The third-order valence-electron chi connectivity index (χ3n) is 2.06. The van der Waals surface area contributed by atoms with Crippen LogP contribution in [0.3, 0.4) is 0 Å². The van der Waals surface area contributed by atoms with Gasteiger partial charge in [-0.05, 0) is 38.3 Å². The summed E-state index contributed by atoms with van der Waals surface area (Å²) in [5.74, 6) is -0.864. The molecular formula is C11H15NO2S. The highest BCUT2D eigenvalue weighted by molar-refractivity contribution is 7.98. The van der Waals surface area contributed by atoms with Crippen LogP contribution in [0.25, 0.3) is 0 Å². The van der Waals surface area contributed by atoms with Crippen LogP contribution in [-0.4, -0.2) is 22.9 Å². The summed E-state index contributed by atoms with van der Waals surface area (Å²) in [6.45, 7) is 3.28. The third kappa shape index (κ3) is 3.16. The second kappa shape index (κ2) is 4.57. The van der Waals surface area contributed by atoms with Crippen molar-refractivity contribution >= 4 is 23.4 Å². The van der Waals surface area contributed by atoms with Crippen LogP contribution in [0.15, 0.2) is 29.2 Å². The molecule has 0 unspecified atom stereocenters. The van der Waals surface area contributed by atoms with E-state index in [0.717, 1.165) is 10.6 Å². The number of aliphatic carboxylic acids is 1. The van der Waals surface area contributed by atoms with Crippen molar-refractivity contribution in [3.05, 3.63) is 24.3 Å². The van der Waals surface area contributed by atoms with Crippen molar-refractivity contribution in [3.63, 3.8) is 0 Å². The summed E-state index contributed by atoms with van der Waals surface area (Å²) in [5.41, 5.74) is -0.119. The van der Waals surface area contributed by atoms with Gasteiger partial charge in [0.2, 0.25) is 0 Å². The molecule has 0 bridgehead atoms. The Bertz CT molecular complexity index is 363. The van der Waals surface area contributed by atoms with E-state index in [9.17, 15) is 4.79 Å². The second-order valence-corrected chi connectivity index (χ2v) is 4.67. The van der Waals surface area contributed by atoms with Gasteiger partial charge in [0, 0.05) is 10.6 Å². The van der Waals surface area contributed by atoms with Gasteiger partial charge in [-0.2, -0.15) is 0 Å². The summed E-state index contributed by atoms with van der Waals surface area (Å²) >= 11 is 1.63. The summed E-state index contributed by atoms with van der Waals surface area (Å²) in [4.78, 5) is 12.0. The standard InChI is InChI=1S/C11H15NO2S/c1-11(2,10(13)14)12-8-5-4-6-9(7-8)15-3/h4-7,12H,1-3H3,(H,13,14). The maximum Gasteiger partial charge on any atom is 0.328 e. The monoisotopic (exact) mass is 225 g/mol. The third-order valence-corrected chi connectivity index (χ3v) is 2.79. The molecule has 1 rings (SSSR count). The van der Waals surface area contributed by atoms with Gasteiger partial charge in [-0.1, -0.05) is 6.07 Å². The van der Waals surface area contributed by atoms with Crippen LogP contribution in [0.1, 0.15) is 13.8 Å². The number of hydrogen-bond donors (Lipinski definition) is 2. The van der Waals surface area contributed by atoms with Crippen molar-refractivity contribution < 1.29 is 9.90 Å². The molecule has 0 aliphatic heterocycles. The molecule has 15 heavy (non-hydrogen) atoms. The number of benzene rings is 1. The molecule has 0 fully saturated rings. The van der Waals surface area contributed by atoms with E-state index in [-0.39, 0.29) is 0 Å². The van der Waals surface area contributed by atoms with Crippen molar-refractivity contribution in [2.24, 2.45) is 0 Å². The molecule has 2 N–H and O–H groups in total. The lowest BCUT2D eigenvalue weighted by Gasteiger charge is -2.22. The predicted molar refractivity (Wildman–Crippen MR) is 63.6 cm³/mol. The molecule has 4 heteroatoms. The van der Waals surface area contributed by atoms with E-state index < -0.39 is 11.5 Å². The molecule has 3 nitrogen and oxygen atoms in total. The van der Waals surface area contributed by atoms with Gasteiger partial charge < -0.3 is 10.4 Å². The van der Waals surface area contributed by atoms with E-state index in [2.05, 4.69) is 5.32 Å². The lowest BCUT2D eigenvalue weighted by atomic mass is 10.1. The molecule has 0 saturated carbocycles. The highest BCUT2D eigenvalue weighted by Gasteiger charge is 2.26. The summed E-state index contributed by atoms with van der Waals surface area (Å²) < 4.78 is 0. The minimum absolute atomic E-state index is 0.828. The van der Waals surface area contributed by atoms with Crippen LogP contribution < -0.4 is 5.32 Å². The summed E-state index contributed by atoms with van der Waals surface area (Å²) in [6.07, 6.45) is 1.99. The van der Waals surface area contributed by atoms with Crippen molar-refractivity contribution in [2.75, 3.05) is 11.6 Å². The summed E-state index contributed by atoms with van der Waals surface area (Å²) in [5, 5.41) is 11.9. The topological polar surface area (TPSA) is 49.3 Å². The van der Waals surface area contributed by atoms with E-state index in [1.807, 2.05) is 30.5 Å². The van der Waals surface area contributed by atoms with Gasteiger partial charge in [0.1, 0.15) is 5.54 Å². The average Bonchev–Trinajstić information content (AvgIpc) is 2.17. The minimum Gasteiger partial charge on any atom is -0.480 e. The fourth-order valence-electron chi connectivity index (χ4n) is 1.12. The van der Waals surface area contributed by atoms with Crippen molar-refractivity contribution in [3.8, 4) is 0 Å². The van der Waals surface area contributed by atoms with Crippen molar-refractivity contribution in [2.45, 2.75) is 24.3 Å². The Labute approximate surface area is 93.9 Å². The molecule has 1 aromatic rings. The molecule has 1 aromatic carbocycles. The first kappa shape index (κ1) is 11.9. The number of rotatable bonds is 4. The van der Waals surface area contributed by atoms with Crippen LogP contribution in [0.4, 0.5) is 5.69 Å². The summed E-state index contributed by atoms with van der Waals surface area (Å²) in [6, 6.07) is 7.70.